The van der Waals surface area contributed by atoms with Crippen molar-refractivity contribution in [1.82, 2.24) is 10.2 Å². The zero-order valence-corrected chi connectivity index (χ0v) is 15.9. The van der Waals surface area contributed by atoms with Gasteiger partial charge in [0, 0.05) is 6.20 Å². The number of aromatic amines is 1. The number of hydrogen-bond donors (Lipinski definition) is 1. The van der Waals surface area contributed by atoms with Gasteiger partial charge < -0.3 is 4.74 Å². The summed E-state index contributed by atoms with van der Waals surface area (Å²) in [5.74, 6) is 0.640. The Labute approximate surface area is 159 Å². The normalized spacial score (nSPS) is 12.4. The first-order chi connectivity index (χ1) is 13.0. The van der Waals surface area contributed by atoms with Gasteiger partial charge in [0.05, 0.1) is 24.1 Å². The van der Waals surface area contributed by atoms with Crippen molar-refractivity contribution >= 4 is 24.3 Å². The van der Waals surface area contributed by atoms with Crippen LogP contribution in [0.4, 0.5) is 0 Å². The quantitative estimate of drug-likeness (QED) is 0.684. The highest BCUT2D eigenvalue weighted by molar-refractivity contribution is 6.10. The van der Waals surface area contributed by atoms with Crippen LogP contribution < -0.4 is 4.74 Å². The molecule has 2 aromatic rings. The number of aromatic nitrogens is 2. The van der Waals surface area contributed by atoms with Crippen LogP contribution in [0.1, 0.15) is 30.7 Å². The lowest BCUT2D eigenvalue weighted by Gasteiger charge is -2.06. The molecule has 0 aliphatic heterocycles. The summed E-state index contributed by atoms with van der Waals surface area (Å²) in [6, 6.07) is 7.56. The number of ether oxygens (including phenoxy) is 1. The highest BCUT2D eigenvalue weighted by Crippen LogP contribution is 2.15. The first-order valence-electron chi connectivity index (χ1n) is 8.56. The molecule has 6 heteroatoms. The predicted molar refractivity (Wildman–Crippen MR) is 109 cm³/mol. The molecule has 2 rings (SSSR count). The lowest BCUT2D eigenvalue weighted by atomic mass is 10.1. The molecule has 0 bridgehead atoms. The summed E-state index contributed by atoms with van der Waals surface area (Å²) in [6.45, 7) is 9.46. The number of Topliss-reactive ketones (excluding diaryl/α,β-unsaturated/α-hetero) is 1. The second-order valence-electron chi connectivity index (χ2n) is 6.13. The van der Waals surface area contributed by atoms with Crippen LogP contribution >= 0.6 is 0 Å². The van der Waals surface area contributed by atoms with Crippen molar-refractivity contribution in [3.05, 3.63) is 65.1 Å². The molecule has 0 aliphatic rings. The molecule has 0 atom stereocenters. The van der Waals surface area contributed by atoms with Crippen molar-refractivity contribution in [2.45, 2.75) is 27.3 Å². The van der Waals surface area contributed by atoms with Crippen LogP contribution in [-0.4, -0.2) is 35.0 Å². The molecule has 1 heterocycles. The first kappa shape index (κ1) is 20.0. The van der Waals surface area contributed by atoms with Gasteiger partial charge in [-0.3, -0.25) is 19.9 Å². The van der Waals surface area contributed by atoms with E-state index < -0.39 is 0 Å². The van der Waals surface area contributed by atoms with Gasteiger partial charge >= 0.3 is 0 Å². The molecule has 0 aliphatic carbocycles. The minimum atomic E-state index is -0.0161. The Hall–Kier alpha value is -3.28. The number of hydrogen-bond acceptors (Lipinski definition) is 5. The highest BCUT2D eigenvalue weighted by atomic mass is 16.5. The Kier molecular flexibility index (Phi) is 7.43. The Morgan fingerprint density at radius 2 is 2.19 bits per heavy atom. The number of ketones is 1. The molecule has 0 fully saturated rings. The second kappa shape index (κ2) is 10.0. The van der Waals surface area contributed by atoms with E-state index >= 15 is 0 Å². The molecule has 0 amide bonds. The molecule has 0 unspecified atom stereocenters. The monoisotopic (exact) mass is 364 g/mol. The van der Waals surface area contributed by atoms with E-state index in [1.54, 1.807) is 12.4 Å². The number of nitrogens with zero attached hydrogens (tertiary/aromatic N) is 3. The minimum absolute atomic E-state index is 0.0161. The van der Waals surface area contributed by atoms with Gasteiger partial charge in [-0.2, -0.15) is 5.10 Å². The maximum absolute atomic E-state index is 11.1. The summed E-state index contributed by atoms with van der Waals surface area (Å²) in [5, 5.41) is 6.96. The molecule has 1 N–H and O–H groups in total. The average Bonchev–Trinajstić information content (AvgIpc) is 3.05. The van der Waals surface area contributed by atoms with Gasteiger partial charge in [-0.25, -0.2) is 0 Å². The van der Waals surface area contributed by atoms with E-state index in [9.17, 15) is 4.79 Å². The number of allylic oxidation sites excluding steroid dienone is 2. The molecule has 0 saturated heterocycles. The van der Waals surface area contributed by atoms with Crippen LogP contribution in [0.15, 0.2) is 58.3 Å². The molecule has 1 aromatic carbocycles. The molecule has 0 saturated carbocycles. The number of H-pyrrole nitrogens is 1. The highest BCUT2D eigenvalue weighted by Gasteiger charge is 2.02. The zero-order valence-electron chi connectivity index (χ0n) is 15.9. The maximum atomic E-state index is 11.1. The van der Waals surface area contributed by atoms with Crippen LogP contribution in [0.25, 0.3) is 6.08 Å². The van der Waals surface area contributed by atoms with Crippen molar-refractivity contribution in [2.24, 2.45) is 9.98 Å². The number of nitrogens with one attached hydrogen (secondary N) is 1. The fourth-order valence-corrected chi connectivity index (χ4v) is 2.29. The van der Waals surface area contributed by atoms with E-state index in [4.69, 9.17) is 9.73 Å². The third-order valence-electron chi connectivity index (χ3n) is 3.74. The van der Waals surface area contributed by atoms with Crippen LogP contribution in [0.5, 0.6) is 5.75 Å². The smallest absolute Gasteiger partial charge is 0.167 e. The van der Waals surface area contributed by atoms with Gasteiger partial charge in [-0.1, -0.05) is 12.1 Å². The van der Waals surface area contributed by atoms with Crippen molar-refractivity contribution in [3.8, 4) is 5.75 Å². The summed E-state index contributed by atoms with van der Waals surface area (Å²) < 4.78 is 5.45. The van der Waals surface area contributed by atoms with E-state index in [0.717, 1.165) is 28.1 Å². The second-order valence-corrected chi connectivity index (χ2v) is 6.13. The van der Waals surface area contributed by atoms with E-state index in [-0.39, 0.29) is 12.4 Å². The van der Waals surface area contributed by atoms with E-state index in [0.29, 0.717) is 12.3 Å². The van der Waals surface area contributed by atoms with Gasteiger partial charge in [-0.15, -0.1) is 0 Å². The zero-order chi connectivity index (χ0) is 19.6. The third-order valence-corrected chi connectivity index (χ3v) is 3.74. The number of benzene rings is 1. The lowest BCUT2D eigenvalue weighted by Crippen LogP contribution is -2.06. The molecule has 140 valence electrons. The number of aliphatic imine (C=N–C) groups is 2. The van der Waals surface area contributed by atoms with Gasteiger partial charge in [-0.05, 0) is 68.5 Å². The fourth-order valence-electron chi connectivity index (χ4n) is 2.29. The molecule has 0 radical (unpaired) electrons. The molecule has 0 spiro atoms. The first-order valence-corrected chi connectivity index (χ1v) is 8.56. The van der Waals surface area contributed by atoms with Crippen LogP contribution in [-0.2, 0) is 11.3 Å². The van der Waals surface area contributed by atoms with Gasteiger partial charge in [0.25, 0.3) is 0 Å². The van der Waals surface area contributed by atoms with Crippen molar-refractivity contribution in [3.63, 3.8) is 0 Å². The third kappa shape index (κ3) is 6.51. The van der Waals surface area contributed by atoms with Gasteiger partial charge in [0.15, 0.2) is 5.78 Å². The van der Waals surface area contributed by atoms with Gasteiger partial charge in [0.2, 0.25) is 0 Å². The van der Waals surface area contributed by atoms with Gasteiger partial charge in [0.1, 0.15) is 12.4 Å². The van der Waals surface area contributed by atoms with Crippen LogP contribution in [0.2, 0.25) is 0 Å². The Bertz CT molecular complexity index is 891. The lowest BCUT2D eigenvalue weighted by molar-refractivity contribution is -0.118. The molecule has 27 heavy (non-hydrogen) atoms. The summed E-state index contributed by atoms with van der Waals surface area (Å²) in [7, 11) is 0. The average molecular weight is 364 g/mol. The predicted octanol–water partition coefficient (Wildman–Crippen LogP) is 3.94. The van der Waals surface area contributed by atoms with Crippen molar-refractivity contribution in [2.75, 3.05) is 6.61 Å². The summed E-state index contributed by atoms with van der Waals surface area (Å²) in [6.07, 6.45) is 7.31. The molecule has 6 nitrogen and oxygen atoms in total. The fraction of sp³-hybridized carbons (Fsp3) is 0.238. The van der Waals surface area contributed by atoms with Crippen molar-refractivity contribution in [1.29, 1.82) is 0 Å². The standard InChI is InChI=1S/C21H24N4O2/c1-15(11-22-4)20(8-9-21-16(2)12-24-25-21)23-13-18-6-5-7-19(10-18)27-14-17(3)26/h5-12H,4,13-14H2,1-3H3,(H,24,25)/b9-8-,15-11-,23-20?. The van der Waals surface area contributed by atoms with E-state index in [1.807, 2.05) is 50.3 Å². The largest absolute Gasteiger partial charge is 0.486 e. The summed E-state index contributed by atoms with van der Waals surface area (Å²) in [4.78, 5) is 19.6. The number of rotatable bonds is 9. The summed E-state index contributed by atoms with van der Waals surface area (Å²) in [5.41, 5.74) is 4.68. The maximum Gasteiger partial charge on any atom is 0.167 e. The number of carbonyl (C=O) groups is 1. The molecular weight excluding hydrogens is 340 g/mol. The molecule has 1 aromatic heterocycles. The topological polar surface area (TPSA) is 79.7 Å². The number of carbonyl (C=O) groups excluding carboxylic acids is 1. The van der Waals surface area contributed by atoms with Crippen LogP contribution in [0.3, 0.4) is 0 Å². The Balaban J connectivity index is 2.19. The van der Waals surface area contributed by atoms with Crippen LogP contribution in [0, 0.1) is 6.92 Å². The Morgan fingerprint density at radius 1 is 1.37 bits per heavy atom. The minimum Gasteiger partial charge on any atom is -0.486 e. The SMILES string of the molecule is C=N/C=C(/C)C(/C=C\c1[nH]ncc1C)=NCc1cccc(OCC(C)=O)c1. The Morgan fingerprint density at radius 3 is 2.85 bits per heavy atom. The summed E-state index contributed by atoms with van der Waals surface area (Å²) >= 11 is 0. The molecular formula is C21H24N4O2. The van der Waals surface area contributed by atoms with E-state index in [2.05, 4.69) is 21.9 Å². The number of aryl methyl sites for hydroxylation is 1. The van der Waals surface area contributed by atoms with E-state index in [1.165, 1.54) is 6.92 Å². The van der Waals surface area contributed by atoms with Crippen molar-refractivity contribution < 1.29 is 9.53 Å².